The van der Waals surface area contributed by atoms with Crippen LogP contribution in [-0.4, -0.2) is 40.7 Å². The van der Waals surface area contributed by atoms with Crippen LogP contribution in [-0.2, 0) is 4.79 Å². The monoisotopic (exact) mass is 298 g/mol. The van der Waals surface area contributed by atoms with Crippen molar-refractivity contribution < 1.29 is 9.59 Å². The van der Waals surface area contributed by atoms with Crippen LogP contribution in [0.15, 0.2) is 30.8 Å². The van der Waals surface area contributed by atoms with Gasteiger partial charge in [-0.2, -0.15) is 0 Å². The number of nitrogens with zero attached hydrogens (tertiary/aromatic N) is 2. The third-order valence-electron chi connectivity index (χ3n) is 4.82. The molecular formula is C18H22N2O2. The molecule has 1 aromatic rings. The van der Waals surface area contributed by atoms with Gasteiger partial charge in [-0.15, -0.1) is 0 Å². The van der Waals surface area contributed by atoms with E-state index < -0.39 is 6.04 Å². The van der Waals surface area contributed by atoms with Crippen LogP contribution >= 0.6 is 0 Å². The Kier molecular flexibility index (Phi) is 3.77. The first-order valence-corrected chi connectivity index (χ1v) is 7.91. The lowest BCUT2D eigenvalue weighted by atomic mass is 9.98. The van der Waals surface area contributed by atoms with Gasteiger partial charge in [0.15, 0.2) is 0 Å². The fourth-order valence-corrected chi connectivity index (χ4v) is 3.32. The van der Waals surface area contributed by atoms with Gasteiger partial charge in [-0.1, -0.05) is 31.7 Å². The minimum absolute atomic E-state index is 0.0224. The lowest BCUT2D eigenvalue weighted by Gasteiger charge is -2.34. The maximum absolute atomic E-state index is 12.7. The Labute approximate surface area is 131 Å². The van der Waals surface area contributed by atoms with Crippen LogP contribution in [0.1, 0.15) is 42.6 Å². The fraction of sp³-hybridized carbons (Fsp3) is 0.444. The lowest BCUT2D eigenvalue weighted by molar-refractivity contribution is -0.136. The van der Waals surface area contributed by atoms with Crippen LogP contribution in [0, 0.1) is 5.92 Å². The van der Waals surface area contributed by atoms with Gasteiger partial charge in [-0.25, -0.2) is 0 Å². The summed E-state index contributed by atoms with van der Waals surface area (Å²) in [5.74, 6) is 0.577. The van der Waals surface area contributed by atoms with Crippen LogP contribution in [0.2, 0.25) is 0 Å². The van der Waals surface area contributed by atoms with Crippen LogP contribution in [0.5, 0.6) is 0 Å². The quantitative estimate of drug-likeness (QED) is 0.842. The third-order valence-corrected chi connectivity index (χ3v) is 4.82. The molecule has 0 spiro atoms. The molecule has 0 aliphatic carbocycles. The molecule has 3 rings (SSSR count). The van der Waals surface area contributed by atoms with Crippen LogP contribution in [0.4, 0.5) is 0 Å². The molecule has 1 fully saturated rings. The van der Waals surface area contributed by atoms with E-state index in [1.807, 2.05) is 23.1 Å². The minimum atomic E-state index is -0.499. The van der Waals surface area contributed by atoms with Gasteiger partial charge in [0, 0.05) is 29.9 Å². The van der Waals surface area contributed by atoms with Crippen molar-refractivity contribution in [1.29, 1.82) is 0 Å². The van der Waals surface area contributed by atoms with E-state index in [-0.39, 0.29) is 11.8 Å². The smallest absolute Gasteiger partial charge is 0.259 e. The van der Waals surface area contributed by atoms with E-state index in [9.17, 15) is 9.59 Å². The SMILES string of the molecule is C=C1c2ccccc2C(=O)N1C(C)C(=O)N1CCC(C)CC1. The number of rotatable bonds is 2. The summed E-state index contributed by atoms with van der Waals surface area (Å²) in [4.78, 5) is 28.7. The largest absolute Gasteiger partial charge is 0.341 e. The molecule has 1 saturated heterocycles. The molecule has 0 N–H and O–H groups in total. The second kappa shape index (κ2) is 5.59. The molecule has 1 atom stereocenters. The number of likely N-dealkylation sites (tertiary alicyclic amines) is 1. The van der Waals surface area contributed by atoms with Crippen molar-refractivity contribution in [3.63, 3.8) is 0 Å². The summed E-state index contributed by atoms with van der Waals surface area (Å²) in [6.07, 6.45) is 2.07. The molecule has 4 nitrogen and oxygen atoms in total. The van der Waals surface area contributed by atoms with Crippen molar-refractivity contribution in [3.8, 4) is 0 Å². The molecule has 0 radical (unpaired) electrons. The topological polar surface area (TPSA) is 40.6 Å². The molecule has 1 unspecified atom stereocenters. The molecule has 116 valence electrons. The summed E-state index contributed by atoms with van der Waals surface area (Å²) in [7, 11) is 0. The van der Waals surface area contributed by atoms with Crippen LogP contribution in [0.25, 0.3) is 5.70 Å². The van der Waals surface area contributed by atoms with Gasteiger partial charge in [0.2, 0.25) is 5.91 Å². The Balaban J connectivity index is 1.79. The van der Waals surface area contributed by atoms with E-state index in [4.69, 9.17) is 0 Å². The molecular weight excluding hydrogens is 276 g/mol. The van der Waals surface area contributed by atoms with Gasteiger partial charge in [0.05, 0.1) is 0 Å². The summed E-state index contributed by atoms with van der Waals surface area (Å²) >= 11 is 0. The number of carbonyl (C=O) groups is 2. The normalized spacial score (nSPS) is 20.3. The highest BCUT2D eigenvalue weighted by molar-refractivity contribution is 6.10. The Morgan fingerprint density at radius 3 is 2.41 bits per heavy atom. The van der Waals surface area contributed by atoms with Crippen molar-refractivity contribution in [2.75, 3.05) is 13.1 Å². The highest BCUT2D eigenvalue weighted by atomic mass is 16.2. The maximum Gasteiger partial charge on any atom is 0.259 e. The van der Waals surface area contributed by atoms with Gasteiger partial charge in [-0.05, 0) is 31.7 Å². The van der Waals surface area contributed by atoms with E-state index in [2.05, 4.69) is 13.5 Å². The van der Waals surface area contributed by atoms with Crippen molar-refractivity contribution in [3.05, 3.63) is 42.0 Å². The van der Waals surface area contributed by atoms with E-state index >= 15 is 0 Å². The summed E-state index contributed by atoms with van der Waals surface area (Å²) in [6.45, 7) is 9.61. The molecule has 0 aromatic heterocycles. The first-order chi connectivity index (χ1) is 10.5. The zero-order valence-electron chi connectivity index (χ0n) is 13.2. The number of fused-ring (bicyclic) bond motifs is 1. The van der Waals surface area contributed by atoms with Crippen LogP contribution < -0.4 is 0 Å². The average molecular weight is 298 g/mol. The lowest BCUT2D eigenvalue weighted by Crippen LogP contribution is -2.49. The third kappa shape index (κ3) is 2.32. The first-order valence-electron chi connectivity index (χ1n) is 7.91. The van der Waals surface area contributed by atoms with Crippen molar-refractivity contribution in [2.45, 2.75) is 32.7 Å². The highest BCUT2D eigenvalue weighted by Gasteiger charge is 2.38. The Bertz CT molecular complexity index is 595. The minimum Gasteiger partial charge on any atom is -0.341 e. The second-order valence-corrected chi connectivity index (χ2v) is 6.35. The molecule has 1 aromatic carbocycles. The summed E-state index contributed by atoms with van der Waals surface area (Å²) in [5.41, 5.74) is 2.10. The molecule has 2 heterocycles. The summed E-state index contributed by atoms with van der Waals surface area (Å²) < 4.78 is 0. The predicted molar refractivity (Wildman–Crippen MR) is 86.1 cm³/mol. The number of hydrogen-bond donors (Lipinski definition) is 0. The van der Waals surface area contributed by atoms with Crippen LogP contribution in [0.3, 0.4) is 0 Å². The van der Waals surface area contributed by atoms with Gasteiger partial charge < -0.3 is 4.90 Å². The Morgan fingerprint density at radius 2 is 1.82 bits per heavy atom. The number of carbonyl (C=O) groups excluding carboxylic acids is 2. The molecule has 2 aliphatic heterocycles. The van der Waals surface area contributed by atoms with Gasteiger partial charge in [0.1, 0.15) is 6.04 Å². The summed E-state index contributed by atoms with van der Waals surface area (Å²) in [6, 6.07) is 6.91. The molecule has 2 aliphatic rings. The second-order valence-electron chi connectivity index (χ2n) is 6.35. The van der Waals surface area contributed by atoms with Crippen molar-refractivity contribution in [1.82, 2.24) is 9.80 Å². The number of amides is 2. The Morgan fingerprint density at radius 1 is 1.23 bits per heavy atom. The zero-order chi connectivity index (χ0) is 15.9. The molecule has 0 bridgehead atoms. The standard InChI is InChI=1S/C18H22N2O2/c1-12-8-10-19(11-9-12)17(21)14(3)20-13(2)15-6-4-5-7-16(15)18(20)22/h4-7,12,14H,2,8-11H2,1,3H3. The average Bonchev–Trinajstić information content (AvgIpc) is 2.79. The molecule has 22 heavy (non-hydrogen) atoms. The Hall–Kier alpha value is -2.10. The molecule has 2 amide bonds. The maximum atomic E-state index is 12.7. The van der Waals surface area contributed by atoms with E-state index in [1.165, 1.54) is 0 Å². The first kappa shape index (κ1) is 14.8. The molecule has 4 heteroatoms. The molecule has 0 saturated carbocycles. The predicted octanol–water partition coefficient (Wildman–Crippen LogP) is 2.76. The van der Waals surface area contributed by atoms with Gasteiger partial charge >= 0.3 is 0 Å². The van der Waals surface area contributed by atoms with Gasteiger partial charge in [0.25, 0.3) is 5.91 Å². The zero-order valence-corrected chi connectivity index (χ0v) is 13.2. The van der Waals surface area contributed by atoms with Crippen molar-refractivity contribution in [2.24, 2.45) is 5.92 Å². The fourth-order valence-electron chi connectivity index (χ4n) is 3.32. The summed E-state index contributed by atoms with van der Waals surface area (Å²) in [5, 5.41) is 0. The van der Waals surface area contributed by atoms with E-state index in [0.29, 0.717) is 17.2 Å². The number of piperidine rings is 1. The van der Waals surface area contributed by atoms with Gasteiger partial charge in [-0.3, -0.25) is 14.5 Å². The highest BCUT2D eigenvalue weighted by Crippen LogP contribution is 2.33. The van der Waals surface area contributed by atoms with E-state index in [1.54, 1.807) is 17.9 Å². The number of hydrogen-bond acceptors (Lipinski definition) is 2. The van der Waals surface area contributed by atoms with Crippen molar-refractivity contribution >= 4 is 17.5 Å². The number of benzene rings is 1. The van der Waals surface area contributed by atoms with E-state index in [0.717, 1.165) is 31.5 Å².